The summed E-state index contributed by atoms with van der Waals surface area (Å²) in [5.41, 5.74) is 8.37. The van der Waals surface area contributed by atoms with Crippen molar-refractivity contribution in [2.75, 3.05) is 31.9 Å². The Kier molecular flexibility index (Phi) is 7.72. The minimum atomic E-state index is -0.473. The Morgan fingerprint density at radius 3 is 2.24 bits per heavy atom. The number of rotatable bonds is 5. The average Bonchev–Trinajstić information content (AvgIpc) is 3.38. The zero-order valence-corrected chi connectivity index (χ0v) is 24.6. The predicted molar refractivity (Wildman–Crippen MR) is 162 cm³/mol. The number of nitrogen functional groups attached to an aromatic ring is 1. The number of piperazine rings is 1. The summed E-state index contributed by atoms with van der Waals surface area (Å²) in [6.07, 6.45) is 5.48. The van der Waals surface area contributed by atoms with E-state index in [0.717, 1.165) is 72.9 Å². The van der Waals surface area contributed by atoms with E-state index < -0.39 is 5.60 Å². The van der Waals surface area contributed by atoms with Crippen LogP contribution in [0.4, 0.5) is 10.6 Å². The molecule has 2 N–H and O–H groups in total. The van der Waals surface area contributed by atoms with Crippen LogP contribution in [-0.2, 0) is 4.74 Å². The predicted octanol–water partition coefficient (Wildman–Crippen LogP) is 5.74. The molecule has 4 aromatic rings. The first-order valence-electron chi connectivity index (χ1n) is 14.8. The zero-order chi connectivity index (χ0) is 29.3. The number of para-hydroxylation sites is 1. The van der Waals surface area contributed by atoms with Gasteiger partial charge in [0, 0.05) is 43.7 Å². The van der Waals surface area contributed by atoms with E-state index in [1.54, 1.807) is 0 Å². The summed E-state index contributed by atoms with van der Waals surface area (Å²) in [6.45, 7) is 8.87. The normalized spacial score (nSPS) is 20.0. The molecule has 42 heavy (non-hydrogen) atoms. The van der Waals surface area contributed by atoms with Gasteiger partial charge < -0.3 is 20.1 Å². The van der Waals surface area contributed by atoms with Gasteiger partial charge in [-0.15, -0.1) is 0 Å². The van der Waals surface area contributed by atoms with Crippen LogP contribution in [0.3, 0.4) is 0 Å². The minimum Gasteiger partial charge on any atom is -0.457 e. The van der Waals surface area contributed by atoms with Crippen molar-refractivity contribution in [1.82, 2.24) is 29.4 Å². The lowest BCUT2D eigenvalue weighted by Crippen LogP contribution is -2.53. The lowest BCUT2D eigenvalue weighted by Gasteiger charge is -2.41. The molecule has 220 valence electrons. The lowest BCUT2D eigenvalue weighted by molar-refractivity contribution is 0.00781. The van der Waals surface area contributed by atoms with Gasteiger partial charge in [0.05, 0.1) is 0 Å². The van der Waals surface area contributed by atoms with Crippen LogP contribution in [0.25, 0.3) is 16.8 Å². The maximum atomic E-state index is 12.5. The third-order valence-corrected chi connectivity index (χ3v) is 8.14. The van der Waals surface area contributed by atoms with E-state index in [1.165, 1.54) is 6.33 Å². The Morgan fingerprint density at radius 1 is 0.905 bits per heavy atom. The Labute approximate surface area is 246 Å². The summed E-state index contributed by atoms with van der Waals surface area (Å²) in [4.78, 5) is 26.2. The van der Waals surface area contributed by atoms with Crippen LogP contribution in [0.2, 0.25) is 0 Å². The van der Waals surface area contributed by atoms with E-state index in [-0.39, 0.29) is 12.0 Å². The van der Waals surface area contributed by atoms with Gasteiger partial charge in [-0.3, -0.25) is 4.90 Å². The first-order valence-corrected chi connectivity index (χ1v) is 14.8. The van der Waals surface area contributed by atoms with Gasteiger partial charge in [0.2, 0.25) is 0 Å². The second-order valence-corrected chi connectivity index (χ2v) is 12.2. The summed E-state index contributed by atoms with van der Waals surface area (Å²) in [6, 6.07) is 18.1. The number of fused-ring (bicyclic) bond motifs is 1. The molecule has 1 saturated heterocycles. The Bertz CT molecular complexity index is 1520. The molecule has 2 aromatic heterocycles. The van der Waals surface area contributed by atoms with E-state index in [1.807, 2.05) is 84.8 Å². The molecular weight excluding hydrogens is 530 g/mol. The molecule has 0 radical (unpaired) electrons. The standard InChI is InChI=1S/C32H39N7O3/c1-32(2,3)42-31(40)38-19-17-37(18-20-38)24-13-9-23(10-14-24)30-36-27(28-29(33)34-21-35-39(28)30)22-11-15-26(16-12-22)41-25-7-5-4-6-8-25/h4-8,11-12,15-16,21,23-24H,9-10,13-14,17-20H2,1-3H3,(H2,33,34,35). The molecule has 2 aromatic carbocycles. The van der Waals surface area contributed by atoms with Gasteiger partial charge >= 0.3 is 6.09 Å². The molecule has 2 aliphatic rings. The highest BCUT2D eigenvalue weighted by atomic mass is 16.6. The maximum absolute atomic E-state index is 12.5. The highest BCUT2D eigenvalue weighted by Gasteiger charge is 2.33. The Hall–Kier alpha value is -4.18. The zero-order valence-electron chi connectivity index (χ0n) is 24.6. The number of imidazole rings is 1. The van der Waals surface area contributed by atoms with Crippen molar-refractivity contribution >= 4 is 17.4 Å². The summed E-state index contributed by atoms with van der Waals surface area (Å²) < 4.78 is 13.4. The first-order chi connectivity index (χ1) is 20.2. The van der Waals surface area contributed by atoms with E-state index in [0.29, 0.717) is 24.9 Å². The summed E-state index contributed by atoms with van der Waals surface area (Å²) in [7, 11) is 0. The molecule has 10 nitrogen and oxygen atoms in total. The molecule has 0 unspecified atom stereocenters. The number of carbonyl (C=O) groups is 1. The fourth-order valence-electron chi connectivity index (χ4n) is 6.04. The smallest absolute Gasteiger partial charge is 0.410 e. The number of aromatic nitrogens is 4. The second-order valence-electron chi connectivity index (χ2n) is 12.2. The largest absolute Gasteiger partial charge is 0.457 e. The van der Waals surface area contributed by atoms with E-state index in [9.17, 15) is 4.79 Å². The Balaban J connectivity index is 1.13. The third kappa shape index (κ3) is 6.04. The minimum absolute atomic E-state index is 0.215. The highest BCUT2D eigenvalue weighted by Crippen LogP contribution is 2.38. The molecule has 1 amide bonds. The van der Waals surface area contributed by atoms with Crippen molar-refractivity contribution in [3.63, 3.8) is 0 Å². The van der Waals surface area contributed by atoms with Crippen molar-refractivity contribution in [3.05, 3.63) is 66.7 Å². The number of amides is 1. The van der Waals surface area contributed by atoms with Gasteiger partial charge in [0.1, 0.15) is 40.5 Å². The van der Waals surface area contributed by atoms with Crippen LogP contribution < -0.4 is 10.5 Å². The number of nitrogens with two attached hydrogens (primary N) is 1. The van der Waals surface area contributed by atoms with Crippen LogP contribution in [0, 0.1) is 0 Å². The number of ether oxygens (including phenoxy) is 2. The van der Waals surface area contributed by atoms with Gasteiger partial charge in [0.15, 0.2) is 5.82 Å². The molecule has 0 bridgehead atoms. The van der Waals surface area contributed by atoms with Crippen LogP contribution in [0.1, 0.15) is 58.2 Å². The van der Waals surface area contributed by atoms with Crippen LogP contribution >= 0.6 is 0 Å². The van der Waals surface area contributed by atoms with Gasteiger partial charge in [-0.2, -0.15) is 5.10 Å². The van der Waals surface area contributed by atoms with Gasteiger partial charge in [-0.25, -0.2) is 19.3 Å². The molecule has 1 aliphatic heterocycles. The first kappa shape index (κ1) is 28.0. The number of carbonyl (C=O) groups excluding carboxylic acids is 1. The average molecular weight is 570 g/mol. The van der Waals surface area contributed by atoms with Crippen LogP contribution in [0.5, 0.6) is 11.5 Å². The molecule has 0 spiro atoms. The van der Waals surface area contributed by atoms with Crippen molar-refractivity contribution in [2.24, 2.45) is 0 Å². The topological polar surface area (TPSA) is 111 Å². The number of hydrogen-bond acceptors (Lipinski definition) is 8. The molecular formula is C32H39N7O3. The molecule has 10 heteroatoms. The SMILES string of the molecule is CC(C)(C)OC(=O)N1CCN(C2CCC(c3nc(-c4ccc(Oc5ccccc5)cc4)c4c(N)ncnn34)CC2)CC1. The van der Waals surface area contributed by atoms with Gasteiger partial charge in [-0.1, -0.05) is 18.2 Å². The molecule has 3 heterocycles. The monoisotopic (exact) mass is 569 g/mol. The van der Waals surface area contributed by atoms with Gasteiger partial charge in [-0.05, 0) is 82.9 Å². The van der Waals surface area contributed by atoms with E-state index in [2.05, 4.69) is 15.0 Å². The van der Waals surface area contributed by atoms with Crippen LogP contribution in [0.15, 0.2) is 60.9 Å². The van der Waals surface area contributed by atoms with E-state index in [4.69, 9.17) is 20.2 Å². The lowest BCUT2D eigenvalue weighted by atomic mass is 9.84. The number of hydrogen-bond donors (Lipinski definition) is 1. The van der Waals surface area contributed by atoms with Crippen molar-refractivity contribution in [2.45, 2.75) is 64.0 Å². The number of anilines is 1. The molecule has 1 aliphatic carbocycles. The fourth-order valence-corrected chi connectivity index (χ4v) is 6.04. The maximum Gasteiger partial charge on any atom is 0.410 e. The molecule has 6 rings (SSSR count). The highest BCUT2D eigenvalue weighted by molar-refractivity contribution is 5.85. The summed E-state index contributed by atoms with van der Waals surface area (Å²) in [5, 5.41) is 4.57. The second kappa shape index (κ2) is 11.6. The van der Waals surface area contributed by atoms with Crippen LogP contribution in [-0.4, -0.2) is 73.3 Å². The van der Waals surface area contributed by atoms with Crippen molar-refractivity contribution in [3.8, 4) is 22.8 Å². The fraction of sp³-hybridized carbons (Fsp3) is 0.438. The quantitative estimate of drug-likeness (QED) is 0.324. The van der Waals surface area contributed by atoms with E-state index >= 15 is 0 Å². The number of benzene rings is 2. The summed E-state index contributed by atoms with van der Waals surface area (Å²) in [5.74, 6) is 3.17. The van der Waals surface area contributed by atoms with Crippen molar-refractivity contribution in [1.29, 1.82) is 0 Å². The number of nitrogens with zero attached hydrogens (tertiary/aromatic N) is 6. The molecule has 2 fully saturated rings. The van der Waals surface area contributed by atoms with Gasteiger partial charge in [0.25, 0.3) is 0 Å². The Morgan fingerprint density at radius 2 is 1.57 bits per heavy atom. The summed E-state index contributed by atoms with van der Waals surface area (Å²) >= 11 is 0. The molecule has 1 saturated carbocycles. The third-order valence-electron chi connectivity index (χ3n) is 8.14. The van der Waals surface area contributed by atoms with Crippen molar-refractivity contribution < 1.29 is 14.3 Å². The molecule has 0 atom stereocenters.